The van der Waals surface area contributed by atoms with Gasteiger partial charge in [0.05, 0.1) is 19.3 Å². The molecular weight excluding hydrogens is 504 g/mol. The number of aromatic hydroxyl groups is 1. The van der Waals surface area contributed by atoms with Crippen molar-refractivity contribution < 1.29 is 14.6 Å². The summed E-state index contributed by atoms with van der Waals surface area (Å²) in [6, 6.07) is 12.0. The van der Waals surface area contributed by atoms with Crippen LogP contribution in [0.25, 0.3) is 10.8 Å². The summed E-state index contributed by atoms with van der Waals surface area (Å²) in [5.74, 6) is 1.11. The molecule has 2 fully saturated rings. The first-order valence-electron chi connectivity index (χ1n) is 14.2. The molecule has 1 N–H and O–H groups in total. The van der Waals surface area contributed by atoms with Crippen LogP contribution in [0.1, 0.15) is 30.5 Å². The van der Waals surface area contributed by atoms with Gasteiger partial charge in [-0.2, -0.15) is 9.97 Å². The quantitative estimate of drug-likeness (QED) is 0.496. The van der Waals surface area contributed by atoms with Gasteiger partial charge in [0, 0.05) is 55.4 Å². The predicted octanol–water partition coefficient (Wildman–Crippen LogP) is 3.84. The molecule has 0 saturated carbocycles. The number of piperidine rings is 1. The van der Waals surface area contributed by atoms with Gasteiger partial charge in [-0.3, -0.25) is 4.79 Å². The number of piperazine rings is 1. The molecule has 4 heterocycles. The summed E-state index contributed by atoms with van der Waals surface area (Å²) in [6.07, 6.45) is 6.42. The Kier molecular flexibility index (Phi) is 8.69. The molecule has 0 aliphatic carbocycles. The van der Waals surface area contributed by atoms with Crippen molar-refractivity contribution in [2.24, 2.45) is 0 Å². The highest BCUT2D eigenvalue weighted by atomic mass is 16.5. The maximum absolute atomic E-state index is 12.0. The highest BCUT2D eigenvalue weighted by molar-refractivity contribution is 5.95. The average molecular weight is 545 g/mol. The Morgan fingerprint density at radius 1 is 0.975 bits per heavy atom. The molecule has 9 heteroatoms. The van der Waals surface area contributed by atoms with Crippen LogP contribution in [0.2, 0.25) is 0 Å². The van der Waals surface area contributed by atoms with Crippen molar-refractivity contribution in [1.82, 2.24) is 19.8 Å². The summed E-state index contributed by atoms with van der Waals surface area (Å²) in [5.41, 5.74) is 3.05. The van der Waals surface area contributed by atoms with Crippen molar-refractivity contribution in [3.05, 3.63) is 60.3 Å². The summed E-state index contributed by atoms with van der Waals surface area (Å²) >= 11 is 0. The SMILES string of the molecule is C=CC(=O)N1CCN(c2nc(OC)nc3c2CCN(c2cc(O)cc4ccccc24)C3)CC1.CN1CCCCC1. The van der Waals surface area contributed by atoms with Crippen molar-refractivity contribution in [1.29, 1.82) is 0 Å². The highest BCUT2D eigenvalue weighted by Crippen LogP contribution is 2.36. The second kappa shape index (κ2) is 12.6. The number of carbonyl (C=O) groups is 1. The van der Waals surface area contributed by atoms with E-state index in [1.54, 1.807) is 13.2 Å². The fourth-order valence-corrected chi connectivity index (χ4v) is 5.80. The molecule has 0 radical (unpaired) electrons. The lowest BCUT2D eigenvalue weighted by molar-refractivity contribution is -0.126. The van der Waals surface area contributed by atoms with E-state index in [4.69, 9.17) is 9.72 Å². The van der Waals surface area contributed by atoms with E-state index < -0.39 is 0 Å². The molecular formula is C31H40N6O3. The van der Waals surface area contributed by atoms with Crippen LogP contribution in [0, 0.1) is 0 Å². The lowest BCUT2D eigenvalue weighted by Crippen LogP contribution is -2.49. The number of anilines is 2. The summed E-state index contributed by atoms with van der Waals surface area (Å²) in [7, 11) is 3.77. The minimum absolute atomic E-state index is 0.0362. The first-order valence-corrected chi connectivity index (χ1v) is 14.2. The number of aromatic nitrogens is 2. The topological polar surface area (TPSA) is 85.3 Å². The van der Waals surface area contributed by atoms with Gasteiger partial charge in [-0.05, 0) is 56.9 Å². The Morgan fingerprint density at radius 3 is 2.40 bits per heavy atom. The predicted molar refractivity (Wildman–Crippen MR) is 159 cm³/mol. The van der Waals surface area contributed by atoms with Crippen LogP contribution in [0.3, 0.4) is 0 Å². The number of fused-ring (bicyclic) bond motifs is 2. The fourth-order valence-electron chi connectivity index (χ4n) is 5.80. The number of ether oxygens (including phenoxy) is 1. The summed E-state index contributed by atoms with van der Waals surface area (Å²) in [6.45, 7) is 10.3. The Labute approximate surface area is 236 Å². The number of benzene rings is 2. The van der Waals surface area contributed by atoms with Crippen LogP contribution in [0.5, 0.6) is 11.8 Å². The second-order valence-corrected chi connectivity index (χ2v) is 10.7. The van der Waals surface area contributed by atoms with Crippen molar-refractivity contribution in [3.8, 4) is 11.8 Å². The standard InChI is InChI=1S/C25H27N5O3.C6H13N/c1-3-23(32)28-10-12-29(13-11-28)24-20-8-9-30(16-21(20)26-25(27-24)33-2)22-15-18(31)14-17-6-4-5-7-19(17)22;1-7-5-3-2-4-6-7/h3-7,14-15,31H,1,8-13,16H2,2H3;2-6H2,1H3. The van der Waals surface area contributed by atoms with E-state index in [2.05, 4.69) is 39.4 Å². The van der Waals surface area contributed by atoms with E-state index in [1.807, 2.05) is 29.2 Å². The molecule has 6 rings (SSSR count). The number of phenols is 1. The summed E-state index contributed by atoms with van der Waals surface area (Å²) < 4.78 is 5.43. The molecule has 0 atom stereocenters. The Balaban J connectivity index is 0.000000403. The minimum atomic E-state index is -0.0362. The molecule has 3 aliphatic rings. The van der Waals surface area contributed by atoms with Crippen LogP contribution in [-0.2, 0) is 17.8 Å². The molecule has 2 aromatic carbocycles. The molecule has 3 aliphatic heterocycles. The van der Waals surface area contributed by atoms with Gasteiger partial charge in [-0.1, -0.05) is 37.3 Å². The van der Waals surface area contributed by atoms with Gasteiger partial charge >= 0.3 is 6.01 Å². The van der Waals surface area contributed by atoms with Gasteiger partial charge in [0.1, 0.15) is 11.6 Å². The van der Waals surface area contributed by atoms with E-state index in [-0.39, 0.29) is 11.7 Å². The van der Waals surface area contributed by atoms with Crippen molar-refractivity contribution in [2.75, 3.05) is 69.8 Å². The number of methoxy groups -OCH3 is 1. The van der Waals surface area contributed by atoms with Crippen LogP contribution in [-0.4, -0.2) is 90.8 Å². The number of phenolic OH excluding ortho intramolecular Hbond substituents is 1. The number of nitrogens with zero attached hydrogens (tertiary/aromatic N) is 6. The number of likely N-dealkylation sites (tertiary alicyclic amines) is 1. The molecule has 0 unspecified atom stereocenters. The third-order valence-corrected chi connectivity index (χ3v) is 8.02. The van der Waals surface area contributed by atoms with Gasteiger partial charge in [0.25, 0.3) is 0 Å². The number of amides is 1. The third-order valence-electron chi connectivity index (χ3n) is 8.02. The van der Waals surface area contributed by atoms with Gasteiger partial charge in [0.2, 0.25) is 5.91 Å². The zero-order chi connectivity index (χ0) is 28.1. The van der Waals surface area contributed by atoms with E-state index in [1.165, 1.54) is 38.4 Å². The monoisotopic (exact) mass is 544 g/mol. The van der Waals surface area contributed by atoms with Gasteiger partial charge < -0.3 is 29.4 Å². The highest BCUT2D eigenvalue weighted by Gasteiger charge is 2.29. The molecule has 3 aromatic rings. The average Bonchev–Trinajstić information content (AvgIpc) is 3.00. The van der Waals surface area contributed by atoms with E-state index >= 15 is 0 Å². The molecule has 40 heavy (non-hydrogen) atoms. The van der Waals surface area contributed by atoms with Crippen LogP contribution in [0.4, 0.5) is 11.5 Å². The van der Waals surface area contributed by atoms with E-state index in [0.29, 0.717) is 38.7 Å². The smallest absolute Gasteiger partial charge is 0.318 e. The summed E-state index contributed by atoms with van der Waals surface area (Å²) in [5, 5.41) is 12.4. The second-order valence-electron chi connectivity index (χ2n) is 10.7. The molecule has 0 spiro atoms. The number of hydrogen-bond donors (Lipinski definition) is 1. The first kappa shape index (κ1) is 27.7. The molecule has 2 saturated heterocycles. The zero-order valence-corrected chi connectivity index (χ0v) is 23.7. The molecule has 212 valence electrons. The molecule has 9 nitrogen and oxygen atoms in total. The van der Waals surface area contributed by atoms with Crippen LogP contribution < -0.4 is 14.5 Å². The van der Waals surface area contributed by atoms with Crippen molar-refractivity contribution >= 4 is 28.2 Å². The van der Waals surface area contributed by atoms with Crippen LogP contribution >= 0.6 is 0 Å². The van der Waals surface area contributed by atoms with Crippen molar-refractivity contribution in [2.45, 2.75) is 32.2 Å². The van der Waals surface area contributed by atoms with E-state index in [9.17, 15) is 9.90 Å². The van der Waals surface area contributed by atoms with Gasteiger partial charge in [-0.25, -0.2) is 0 Å². The number of hydrogen-bond acceptors (Lipinski definition) is 8. The zero-order valence-electron chi connectivity index (χ0n) is 23.7. The normalized spacial score (nSPS) is 17.6. The maximum atomic E-state index is 12.0. The molecule has 1 amide bonds. The lowest BCUT2D eigenvalue weighted by Gasteiger charge is -2.38. The molecule has 0 bridgehead atoms. The third kappa shape index (κ3) is 6.14. The Bertz CT molecular complexity index is 1350. The fraction of sp³-hybridized carbons (Fsp3) is 0.452. The van der Waals surface area contributed by atoms with E-state index in [0.717, 1.165) is 46.5 Å². The Hall–Kier alpha value is -3.85. The molecule has 1 aromatic heterocycles. The van der Waals surface area contributed by atoms with Crippen LogP contribution in [0.15, 0.2) is 49.1 Å². The maximum Gasteiger partial charge on any atom is 0.318 e. The van der Waals surface area contributed by atoms with Gasteiger partial charge in [-0.15, -0.1) is 0 Å². The Morgan fingerprint density at radius 2 is 1.73 bits per heavy atom. The summed E-state index contributed by atoms with van der Waals surface area (Å²) in [4.78, 5) is 30.0. The minimum Gasteiger partial charge on any atom is -0.508 e. The first-order chi connectivity index (χ1) is 19.5. The lowest BCUT2D eigenvalue weighted by atomic mass is 10.0. The number of rotatable bonds is 4. The van der Waals surface area contributed by atoms with Gasteiger partial charge in [0.15, 0.2) is 0 Å². The number of carbonyl (C=O) groups excluding carboxylic acids is 1. The van der Waals surface area contributed by atoms with Crippen molar-refractivity contribution in [3.63, 3.8) is 0 Å². The largest absolute Gasteiger partial charge is 0.508 e.